The smallest absolute Gasteiger partial charge is 0.0675 e. The molecule has 0 fully saturated rings. The van der Waals surface area contributed by atoms with Crippen LogP contribution in [-0.4, -0.2) is 6.26 Å². The van der Waals surface area contributed by atoms with Crippen molar-refractivity contribution < 1.29 is 0 Å². The molecular weight excluding hydrogens is 180 g/mol. The highest BCUT2D eigenvalue weighted by Gasteiger charge is 1.91. The fourth-order valence-electron chi connectivity index (χ4n) is 0.696. The third kappa shape index (κ3) is 6.02. The van der Waals surface area contributed by atoms with Gasteiger partial charge in [-0.2, -0.15) is 10.5 Å². The quantitative estimate of drug-likeness (QED) is 0.643. The van der Waals surface area contributed by atoms with Crippen LogP contribution in [0, 0.1) is 22.7 Å². The van der Waals surface area contributed by atoms with E-state index in [9.17, 15) is 0 Å². The van der Waals surface area contributed by atoms with Crippen LogP contribution in [0.4, 0.5) is 0 Å². The van der Waals surface area contributed by atoms with E-state index >= 15 is 0 Å². The molecule has 0 spiro atoms. The molecule has 0 saturated carbocycles. The molecule has 0 aromatic heterocycles. The zero-order valence-corrected chi connectivity index (χ0v) is 8.69. The van der Waals surface area contributed by atoms with Crippen LogP contribution < -0.4 is 0 Å². The molecule has 0 aliphatic heterocycles. The lowest BCUT2D eigenvalue weighted by Crippen LogP contribution is -1.75. The Labute approximate surface area is 83.6 Å². The summed E-state index contributed by atoms with van der Waals surface area (Å²) in [5, 5.41) is 16.9. The predicted octanol–water partition coefficient (Wildman–Crippen LogP) is 3.01. The van der Waals surface area contributed by atoms with Crippen LogP contribution in [0.3, 0.4) is 0 Å². The summed E-state index contributed by atoms with van der Waals surface area (Å²) in [5.74, 6) is 0. The van der Waals surface area contributed by atoms with Gasteiger partial charge in [-0.05, 0) is 18.1 Å². The zero-order valence-electron chi connectivity index (χ0n) is 7.87. The van der Waals surface area contributed by atoms with Gasteiger partial charge in [0, 0.05) is 0 Å². The lowest BCUT2D eigenvalue weighted by atomic mass is 10.2. The second kappa shape index (κ2) is 7.46. The first-order chi connectivity index (χ1) is 6.24. The Morgan fingerprint density at radius 1 is 1.23 bits per heavy atom. The van der Waals surface area contributed by atoms with E-state index in [4.69, 9.17) is 10.5 Å². The Kier molecular flexibility index (Phi) is 6.78. The van der Waals surface area contributed by atoms with Crippen LogP contribution in [0.5, 0.6) is 0 Å². The first-order valence-electron chi connectivity index (χ1n) is 3.88. The van der Waals surface area contributed by atoms with Gasteiger partial charge in [-0.25, -0.2) is 0 Å². The maximum absolute atomic E-state index is 8.46. The highest BCUT2D eigenvalue weighted by atomic mass is 32.2. The number of hydrogen-bond acceptors (Lipinski definition) is 3. The van der Waals surface area contributed by atoms with E-state index in [0.717, 1.165) is 10.5 Å². The molecule has 0 amide bonds. The molecule has 3 heteroatoms. The summed E-state index contributed by atoms with van der Waals surface area (Å²) in [4.78, 5) is 1.03. The molecule has 0 aliphatic rings. The van der Waals surface area contributed by atoms with Crippen molar-refractivity contribution in [1.29, 1.82) is 10.5 Å². The summed E-state index contributed by atoms with van der Waals surface area (Å²) >= 11 is 1.57. The van der Waals surface area contributed by atoms with E-state index in [-0.39, 0.29) is 0 Å². The Balaban J connectivity index is 4.29. The van der Waals surface area contributed by atoms with Crippen molar-refractivity contribution in [2.75, 3.05) is 6.26 Å². The topological polar surface area (TPSA) is 47.6 Å². The molecule has 68 valence electrons. The molecule has 0 unspecified atom stereocenters. The standard InChI is InChI=1S/C10H12N2S/c1-9(5-7-11)3-4-10(13-2)6-8-12/h3-4H,5-6H2,1-2H3/b9-3+,10-4-. The summed E-state index contributed by atoms with van der Waals surface area (Å²) < 4.78 is 0. The van der Waals surface area contributed by atoms with Gasteiger partial charge < -0.3 is 0 Å². The van der Waals surface area contributed by atoms with Gasteiger partial charge >= 0.3 is 0 Å². The molecule has 13 heavy (non-hydrogen) atoms. The molecule has 0 rings (SSSR count). The number of rotatable bonds is 4. The van der Waals surface area contributed by atoms with Crippen LogP contribution in [0.15, 0.2) is 22.6 Å². The van der Waals surface area contributed by atoms with Crippen molar-refractivity contribution in [1.82, 2.24) is 0 Å². The van der Waals surface area contributed by atoms with Gasteiger partial charge in [0.2, 0.25) is 0 Å². The average molecular weight is 192 g/mol. The minimum atomic E-state index is 0.442. The first kappa shape index (κ1) is 11.8. The summed E-state index contributed by atoms with van der Waals surface area (Å²) in [5.41, 5.74) is 1.02. The van der Waals surface area contributed by atoms with Crippen LogP contribution in [0.1, 0.15) is 19.8 Å². The zero-order chi connectivity index (χ0) is 10.1. The van der Waals surface area contributed by atoms with Crippen LogP contribution in [-0.2, 0) is 0 Å². The fraction of sp³-hybridized carbons (Fsp3) is 0.400. The van der Waals surface area contributed by atoms with Crippen molar-refractivity contribution in [3.8, 4) is 12.1 Å². The van der Waals surface area contributed by atoms with Crippen molar-refractivity contribution in [2.45, 2.75) is 19.8 Å². The second-order valence-corrected chi connectivity index (χ2v) is 3.45. The van der Waals surface area contributed by atoms with Gasteiger partial charge in [-0.1, -0.05) is 17.7 Å². The molecule has 0 atom stereocenters. The number of allylic oxidation sites excluding steroid dienone is 4. The van der Waals surface area contributed by atoms with E-state index in [1.807, 2.05) is 25.3 Å². The summed E-state index contributed by atoms with van der Waals surface area (Å²) in [6, 6.07) is 4.16. The molecule has 0 aliphatic carbocycles. The van der Waals surface area contributed by atoms with Crippen molar-refractivity contribution in [3.63, 3.8) is 0 Å². The fourth-order valence-corrected chi connectivity index (χ4v) is 1.11. The second-order valence-electron chi connectivity index (χ2n) is 2.52. The van der Waals surface area contributed by atoms with E-state index in [0.29, 0.717) is 12.8 Å². The summed E-state index contributed by atoms with van der Waals surface area (Å²) in [6.45, 7) is 1.91. The number of nitriles is 2. The van der Waals surface area contributed by atoms with Crippen LogP contribution >= 0.6 is 11.8 Å². The highest BCUT2D eigenvalue weighted by Crippen LogP contribution is 2.15. The SMILES string of the molecule is CS/C(=C\C=C(/C)CC#N)CC#N. The Hall–Kier alpha value is -1.19. The molecule has 0 N–H and O–H groups in total. The number of hydrogen-bond donors (Lipinski definition) is 0. The van der Waals surface area contributed by atoms with Crippen molar-refractivity contribution >= 4 is 11.8 Å². The largest absolute Gasteiger partial charge is 0.198 e. The van der Waals surface area contributed by atoms with Crippen molar-refractivity contribution in [3.05, 3.63) is 22.6 Å². The maximum Gasteiger partial charge on any atom is 0.0675 e. The van der Waals surface area contributed by atoms with Crippen LogP contribution in [0.2, 0.25) is 0 Å². The predicted molar refractivity (Wildman–Crippen MR) is 55.8 cm³/mol. The third-order valence-electron chi connectivity index (χ3n) is 1.43. The Bertz CT molecular complexity index is 289. The molecule has 0 radical (unpaired) electrons. The van der Waals surface area contributed by atoms with E-state index in [1.165, 1.54) is 0 Å². The molecule has 0 bridgehead atoms. The molecule has 0 heterocycles. The molecule has 2 nitrogen and oxygen atoms in total. The maximum atomic E-state index is 8.46. The van der Waals surface area contributed by atoms with Crippen molar-refractivity contribution in [2.24, 2.45) is 0 Å². The van der Waals surface area contributed by atoms with E-state index < -0.39 is 0 Å². The lowest BCUT2D eigenvalue weighted by molar-refractivity contribution is 1.21. The number of nitrogens with zero attached hydrogens (tertiary/aromatic N) is 2. The van der Waals surface area contributed by atoms with E-state index in [1.54, 1.807) is 11.8 Å². The summed E-state index contributed by atoms with van der Waals surface area (Å²) in [7, 11) is 0. The van der Waals surface area contributed by atoms with E-state index in [2.05, 4.69) is 12.1 Å². The summed E-state index contributed by atoms with van der Waals surface area (Å²) in [6.07, 6.45) is 6.63. The van der Waals surface area contributed by atoms with Gasteiger partial charge in [0.05, 0.1) is 25.0 Å². The minimum Gasteiger partial charge on any atom is -0.198 e. The first-order valence-corrected chi connectivity index (χ1v) is 5.11. The monoisotopic (exact) mass is 192 g/mol. The number of thioether (sulfide) groups is 1. The Morgan fingerprint density at radius 3 is 2.31 bits per heavy atom. The average Bonchev–Trinajstić information content (AvgIpc) is 2.12. The lowest BCUT2D eigenvalue weighted by Gasteiger charge is -1.95. The van der Waals surface area contributed by atoms with Gasteiger partial charge in [-0.15, -0.1) is 11.8 Å². The van der Waals surface area contributed by atoms with Crippen LogP contribution in [0.25, 0.3) is 0 Å². The Morgan fingerprint density at radius 2 is 1.85 bits per heavy atom. The highest BCUT2D eigenvalue weighted by molar-refractivity contribution is 8.02. The molecular formula is C10H12N2S. The molecule has 0 saturated heterocycles. The minimum absolute atomic E-state index is 0.442. The normalized spacial score (nSPS) is 12.0. The van der Waals surface area contributed by atoms with Gasteiger partial charge in [0.1, 0.15) is 0 Å². The third-order valence-corrected chi connectivity index (χ3v) is 2.23. The van der Waals surface area contributed by atoms with Gasteiger partial charge in [-0.3, -0.25) is 0 Å². The molecule has 0 aromatic carbocycles. The van der Waals surface area contributed by atoms with Gasteiger partial charge in [0.15, 0.2) is 0 Å². The van der Waals surface area contributed by atoms with Gasteiger partial charge in [0.25, 0.3) is 0 Å². The molecule has 0 aromatic rings.